The summed E-state index contributed by atoms with van der Waals surface area (Å²) < 4.78 is 30.7. The number of nitrogens with one attached hydrogen (secondary N) is 2. The van der Waals surface area contributed by atoms with Crippen molar-refractivity contribution in [1.29, 1.82) is 5.41 Å². The predicted molar refractivity (Wildman–Crippen MR) is 53.7 cm³/mol. The Bertz CT molecular complexity index is 454. The van der Waals surface area contributed by atoms with Gasteiger partial charge in [-0.1, -0.05) is 6.07 Å². The standard InChI is InChI=1S/C8H10N2O3S/c1-10-7-3-2-4-8(6(7)5-9)14(11,12)13/h2-5,9-10H,1H3,(H,11,12,13). The third-order valence-electron chi connectivity index (χ3n) is 1.76. The second-order valence-electron chi connectivity index (χ2n) is 2.59. The van der Waals surface area contributed by atoms with Crippen LogP contribution in [0.5, 0.6) is 0 Å². The van der Waals surface area contributed by atoms with Gasteiger partial charge in [-0.05, 0) is 12.1 Å². The van der Waals surface area contributed by atoms with E-state index >= 15 is 0 Å². The van der Waals surface area contributed by atoms with Crippen molar-refractivity contribution in [3.05, 3.63) is 23.8 Å². The maximum Gasteiger partial charge on any atom is 0.295 e. The van der Waals surface area contributed by atoms with Gasteiger partial charge in [-0.3, -0.25) is 4.55 Å². The van der Waals surface area contributed by atoms with E-state index in [1.54, 1.807) is 13.1 Å². The Balaban J connectivity index is 3.53. The maximum absolute atomic E-state index is 10.9. The smallest absolute Gasteiger partial charge is 0.295 e. The van der Waals surface area contributed by atoms with Crippen molar-refractivity contribution >= 4 is 22.0 Å². The molecule has 0 saturated heterocycles. The first-order valence-electron chi connectivity index (χ1n) is 3.79. The van der Waals surface area contributed by atoms with Crippen molar-refractivity contribution in [3.63, 3.8) is 0 Å². The van der Waals surface area contributed by atoms with E-state index in [4.69, 9.17) is 9.96 Å². The lowest BCUT2D eigenvalue weighted by Crippen LogP contribution is -2.05. The molecule has 0 aliphatic carbocycles. The molecule has 14 heavy (non-hydrogen) atoms. The summed E-state index contributed by atoms with van der Waals surface area (Å²) >= 11 is 0. The molecule has 1 aromatic carbocycles. The topological polar surface area (TPSA) is 90.2 Å². The van der Waals surface area contributed by atoms with Gasteiger partial charge in [-0.15, -0.1) is 0 Å². The van der Waals surface area contributed by atoms with Crippen LogP contribution in [0, 0.1) is 5.41 Å². The predicted octanol–water partition coefficient (Wildman–Crippen LogP) is 0.973. The monoisotopic (exact) mass is 214 g/mol. The van der Waals surface area contributed by atoms with Crippen LogP contribution in [-0.2, 0) is 10.1 Å². The zero-order valence-electron chi connectivity index (χ0n) is 7.48. The molecule has 0 bridgehead atoms. The molecule has 0 unspecified atom stereocenters. The first-order chi connectivity index (χ1) is 6.50. The lowest BCUT2D eigenvalue weighted by atomic mass is 10.2. The molecule has 3 N–H and O–H groups in total. The first-order valence-corrected chi connectivity index (χ1v) is 5.23. The number of anilines is 1. The van der Waals surface area contributed by atoms with Gasteiger partial charge in [-0.2, -0.15) is 8.42 Å². The molecule has 0 radical (unpaired) electrons. The number of rotatable bonds is 3. The summed E-state index contributed by atoms with van der Waals surface area (Å²) in [5, 5.41) is 9.80. The Labute approximate surface area is 82.0 Å². The van der Waals surface area contributed by atoms with Gasteiger partial charge in [0.15, 0.2) is 0 Å². The van der Waals surface area contributed by atoms with Crippen molar-refractivity contribution in [1.82, 2.24) is 0 Å². The molecule has 0 spiro atoms. The zero-order chi connectivity index (χ0) is 10.8. The zero-order valence-corrected chi connectivity index (χ0v) is 8.30. The highest BCUT2D eigenvalue weighted by Gasteiger charge is 2.15. The summed E-state index contributed by atoms with van der Waals surface area (Å²) in [4.78, 5) is -0.264. The van der Waals surface area contributed by atoms with E-state index in [1.165, 1.54) is 12.1 Å². The van der Waals surface area contributed by atoms with Crippen molar-refractivity contribution in [2.75, 3.05) is 12.4 Å². The Morgan fingerprint density at radius 3 is 2.57 bits per heavy atom. The second kappa shape index (κ2) is 3.77. The largest absolute Gasteiger partial charge is 0.388 e. The molecule has 0 amide bonds. The van der Waals surface area contributed by atoms with E-state index in [-0.39, 0.29) is 10.5 Å². The Hall–Kier alpha value is -1.40. The fourth-order valence-corrected chi connectivity index (χ4v) is 1.83. The van der Waals surface area contributed by atoms with Crippen LogP contribution in [0.4, 0.5) is 5.69 Å². The Morgan fingerprint density at radius 1 is 1.50 bits per heavy atom. The minimum Gasteiger partial charge on any atom is -0.388 e. The highest BCUT2D eigenvalue weighted by Crippen LogP contribution is 2.21. The average Bonchev–Trinajstić information content (AvgIpc) is 2.15. The van der Waals surface area contributed by atoms with Crippen LogP contribution in [0.3, 0.4) is 0 Å². The van der Waals surface area contributed by atoms with E-state index in [1.807, 2.05) is 0 Å². The molecular weight excluding hydrogens is 204 g/mol. The Morgan fingerprint density at radius 2 is 2.14 bits per heavy atom. The highest BCUT2D eigenvalue weighted by molar-refractivity contribution is 7.86. The fourth-order valence-electron chi connectivity index (χ4n) is 1.14. The molecule has 6 heteroatoms. The van der Waals surface area contributed by atoms with E-state index in [9.17, 15) is 8.42 Å². The molecule has 0 aromatic heterocycles. The van der Waals surface area contributed by atoms with Gasteiger partial charge in [0.2, 0.25) is 0 Å². The van der Waals surface area contributed by atoms with Crippen molar-refractivity contribution in [2.45, 2.75) is 4.90 Å². The quantitative estimate of drug-likeness (QED) is 0.516. The highest BCUT2D eigenvalue weighted by atomic mass is 32.2. The van der Waals surface area contributed by atoms with Crippen LogP contribution >= 0.6 is 0 Å². The van der Waals surface area contributed by atoms with Crippen LogP contribution in [-0.4, -0.2) is 26.2 Å². The fraction of sp³-hybridized carbons (Fsp3) is 0.125. The molecule has 0 heterocycles. The lowest BCUT2D eigenvalue weighted by Gasteiger charge is -2.07. The summed E-state index contributed by atoms with van der Waals surface area (Å²) in [6.07, 6.45) is 0.884. The van der Waals surface area contributed by atoms with Crippen molar-refractivity contribution in [2.24, 2.45) is 0 Å². The number of benzene rings is 1. The third kappa shape index (κ3) is 1.91. The molecular formula is C8H10N2O3S. The lowest BCUT2D eigenvalue weighted by molar-refractivity contribution is 0.483. The van der Waals surface area contributed by atoms with Crippen molar-refractivity contribution in [3.8, 4) is 0 Å². The van der Waals surface area contributed by atoms with Crippen LogP contribution in [0.1, 0.15) is 5.56 Å². The summed E-state index contributed by atoms with van der Waals surface area (Å²) in [5.74, 6) is 0. The van der Waals surface area contributed by atoms with Gasteiger partial charge in [0.25, 0.3) is 10.1 Å². The molecule has 76 valence electrons. The first kappa shape index (κ1) is 10.7. The van der Waals surface area contributed by atoms with E-state index in [0.717, 1.165) is 6.21 Å². The molecule has 0 saturated carbocycles. The van der Waals surface area contributed by atoms with E-state index in [0.29, 0.717) is 5.69 Å². The van der Waals surface area contributed by atoms with Gasteiger partial charge in [-0.25, -0.2) is 0 Å². The number of hydrogen-bond acceptors (Lipinski definition) is 4. The molecule has 1 rings (SSSR count). The summed E-state index contributed by atoms with van der Waals surface area (Å²) in [6.45, 7) is 0. The second-order valence-corrected chi connectivity index (χ2v) is 3.98. The molecule has 0 aliphatic rings. The van der Waals surface area contributed by atoms with Crippen LogP contribution in [0.25, 0.3) is 0 Å². The van der Waals surface area contributed by atoms with E-state index < -0.39 is 10.1 Å². The molecule has 1 aromatic rings. The third-order valence-corrected chi connectivity index (χ3v) is 2.67. The summed E-state index contributed by atoms with van der Waals surface area (Å²) in [6, 6.07) is 4.35. The van der Waals surface area contributed by atoms with Crippen LogP contribution in [0.2, 0.25) is 0 Å². The van der Waals surface area contributed by atoms with Gasteiger partial charge in [0.05, 0.1) is 0 Å². The minimum atomic E-state index is -4.27. The maximum atomic E-state index is 10.9. The molecule has 0 aliphatic heterocycles. The summed E-state index contributed by atoms with van der Waals surface area (Å²) in [7, 11) is -2.66. The Kier molecular flexibility index (Phi) is 2.87. The molecule has 5 nitrogen and oxygen atoms in total. The van der Waals surface area contributed by atoms with E-state index in [2.05, 4.69) is 5.32 Å². The minimum absolute atomic E-state index is 0.150. The van der Waals surface area contributed by atoms with Gasteiger partial charge in [0, 0.05) is 24.5 Å². The van der Waals surface area contributed by atoms with Gasteiger partial charge < -0.3 is 10.7 Å². The summed E-state index contributed by atoms with van der Waals surface area (Å²) in [5.41, 5.74) is 0.632. The van der Waals surface area contributed by atoms with Gasteiger partial charge >= 0.3 is 0 Å². The van der Waals surface area contributed by atoms with Crippen LogP contribution in [0.15, 0.2) is 23.1 Å². The van der Waals surface area contributed by atoms with Crippen molar-refractivity contribution < 1.29 is 13.0 Å². The average molecular weight is 214 g/mol. The molecule has 0 fully saturated rings. The van der Waals surface area contributed by atoms with Gasteiger partial charge in [0.1, 0.15) is 4.90 Å². The normalized spacial score (nSPS) is 11.0. The molecule has 0 atom stereocenters. The van der Waals surface area contributed by atoms with Crippen LogP contribution < -0.4 is 5.32 Å². The SMILES string of the molecule is CNc1cccc(S(=O)(=O)O)c1C=N. The number of hydrogen-bond donors (Lipinski definition) is 3.